The number of aromatic carboxylic acids is 1. The van der Waals surface area contributed by atoms with Crippen LogP contribution in [0.3, 0.4) is 0 Å². The average molecular weight is 529 g/mol. The maximum absolute atomic E-state index is 13.2. The van der Waals surface area contributed by atoms with Gasteiger partial charge < -0.3 is 19.9 Å². The molecule has 162 valence electrons. The molecule has 5 nitrogen and oxygen atoms in total. The first-order chi connectivity index (χ1) is 14.8. The lowest BCUT2D eigenvalue weighted by Gasteiger charge is -2.15. The number of carboxylic acids is 1. The highest BCUT2D eigenvalue weighted by molar-refractivity contribution is 9.10. The third-order valence-corrected chi connectivity index (χ3v) is 5.83. The van der Waals surface area contributed by atoms with Crippen LogP contribution in [0.1, 0.15) is 21.5 Å². The fourth-order valence-electron chi connectivity index (χ4n) is 2.78. The second-order valence-electron chi connectivity index (χ2n) is 6.47. The van der Waals surface area contributed by atoms with Crippen molar-refractivity contribution >= 4 is 50.8 Å². The van der Waals surface area contributed by atoms with Gasteiger partial charge in [-0.3, -0.25) is 0 Å². The minimum absolute atomic E-state index is 0.0199. The highest BCUT2D eigenvalue weighted by atomic mass is 79.9. The highest BCUT2D eigenvalue weighted by Crippen LogP contribution is 2.35. The lowest BCUT2D eigenvalue weighted by Crippen LogP contribution is -2.05. The van der Waals surface area contributed by atoms with Crippen LogP contribution >= 0.6 is 39.1 Å². The third-order valence-electron chi connectivity index (χ3n) is 4.41. The zero-order chi connectivity index (χ0) is 22.5. The van der Waals surface area contributed by atoms with Crippen LogP contribution in [-0.2, 0) is 13.2 Å². The fourth-order valence-corrected chi connectivity index (χ4v) is 3.66. The monoisotopic (exact) mass is 527 g/mol. The summed E-state index contributed by atoms with van der Waals surface area (Å²) in [6, 6.07) is 12.4. The summed E-state index contributed by atoms with van der Waals surface area (Å²) in [5, 5.41) is 12.8. The molecule has 0 bridgehead atoms. The first kappa shape index (κ1) is 23.2. The van der Waals surface area contributed by atoms with Crippen molar-refractivity contribution in [1.29, 1.82) is 0 Å². The number of rotatable bonds is 8. The fraction of sp³-hybridized carbons (Fsp3) is 0.136. The van der Waals surface area contributed by atoms with Gasteiger partial charge in [0.25, 0.3) is 0 Å². The lowest BCUT2D eigenvalue weighted by molar-refractivity contribution is 0.0697. The number of anilines is 1. The molecule has 0 radical (unpaired) electrons. The number of nitrogens with one attached hydrogen (secondary N) is 1. The Kier molecular flexibility index (Phi) is 7.64. The molecule has 3 aromatic rings. The van der Waals surface area contributed by atoms with Crippen LogP contribution in [0.15, 0.2) is 53.0 Å². The summed E-state index contributed by atoms with van der Waals surface area (Å²) in [5.74, 6) is -0.528. The Labute approximate surface area is 196 Å². The SMILES string of the molecule is COc1cc(CNc2ccc(Cl)c(C(=O)O)c2)c(Br)cc1OCc1ccc(F)cc1Cl. The Morgan fingerprint density at radius 2 is 1.84 bits per heavy atom. The molecule has 3 aromatic carbocycles. The van der Waals surface area contributed by atoms with E-state index in [1.165, 1.54) is 31.4 Å². The minimum Gasteiger partial charge on any atom is -0.493 e. The van der Waals surface area contributed by atoms with Gasteiger partial charge in [0.05, 0.1) is 22.7 Å². The zero-order valence-electron chi connectivity index (χ0n) is 16.2. The van der Waals surface area contributed by atoms with E-state index in [9.17, 15) is 14.3 Å². The van der Waals surface area contributed by atoms with Crippen molar-refractivity contribution in [2.24, 2.45) is 0 Å². The van der Waals surface area contributed by atoms with Gasteiger partial charge >= 0.3 is 5.97 Å². The summed E-state index contributed by atoms with van der Waals surface area (Å²) in [6.07, 6.45) is 0. The van der Waals surface area contributed by atoms with Gasteiger partial charge in [-0.15, -0.1) is 0 Å². The summed E-state index contributed by atoms with van der Waals surface area (Å²) in [7, 11) is 1.52. The predicted octanol–water partition coefficient (Wildman–Crippen LogP) is 6.79. The maximum atomic E-state index is 13.2. The lowest BCUT2D eigenvalue weighted by atomic mass is 10.1. The number of ether oxygens (including phenoxy) is 2. The molecule has 0 aromatic heterocycles. The second-order valence-corrected chi connectivity index (χ2v) is 8.14. The first-order valence-corrected chi connectivity index (χ1v) is 10.5. The molecule has 31 heavy (non-hydrogen) atoms. The van der Waals surface area contributed by atoms with Crippen molar-refractivity contribution in [3.63, 3.8) is 0 Å². The van der Waals surface area contributed by atoms with E-state index < -0.39 is 11.8 Å². The molecule has 0 atom stereocenters. The molecule has 2 N–H and O–H groups in total. The van der Waals surface area contributed by atoms with Crippen molar-refractivity contribution < 1.29 is 23.8 Å². The van der Waals surface area contributed by atoms with Crippen molar-refractivity contribution in [1.82, 2.24) is 0 Å². The van der Waals surface area contributed by atoms with E-state index >= 15 is 0 Å². The normalized spacial score (nSPS) is 10.6. The molecule has 0 unspecified atom stereocenters. The van der Waals surface area contributed by atoms with E-state index in [1.54, 1.807) is 24.3 Å². The molecular weight excluding hydrogens is 512 g/mol. The quantitative estimate of drug-likeness (QED) is 0.337. The summed E-state index contributed by atoms with van der Waals surface area (Å²) in [5.41, 5.74) is 2.13. The summed E-state index contributed by atoms with van der Waals surface area (Å²) in [6.45, 7) is 0.532. The van der Waals surface area contributed by atoms with Crippen LogP contribution < -0.4 is 14.8 Å². The zero-order valence-corrected chi connectivity index (χ0v) is 19.3. The number of halogens is 4. The molecule has 0 aliphatic heterocycles. The van der Waals surface area contributed by atoms with E-state index in [0.29, 0.717) is 29.3 Å². The first-order valence-electron chi connectivity index (χ1n) is 8.98. The Hall–Kier alpha value is -2.48. The van der Waals surface area contributed by atoms with Crippen molar-refractivity contribution in [3.05, 3.63) is 85.6 Å². The van der Waals surface area contributed by atoms with Crippen molar-refractivity contribution in [2.45, 2.75) is 13.2 Å². The molecule has 0 spiro atoms. The van der Waals surface area contributed by atoms with E-state index in [-0.39, 0.29) is 22.2 Å². The molecule has 0 fully saturated rings. The van der Waals surface area contributed by atoms with Crippen LogP contribution in [0.25, 0.3) is 0 Å². The molecule has 0 amide bonds. The molecular formula is C22H17BrCl2FNO4. The Balaban J connectivity index is 1.74. The smallest absolute Gasteiger partial charge is 0.337 e. The van der Waals surface area contributed by atoms with E-state index in [0.717, 1.165) is 10.0 Å². The van der Waals surface area contributed by atoms with Gasteiger partial charge in [-0.1, -0.05) is 45.2 Å². The topological polar surface area (TPSA) is 67.8 Å². The Morgan fingerprint density at radius 1 is 1.06 bits per heavy atom. The number of hydrogen-bond acceptors (Lipinski definition) is 4. The highest BCUT2D eigenvalue weighted by Gasteiger charge is 2.13. The van der Waals surface area contributed by atoms with Gasteiger partial charge in [-0.2, -0.15) is 0 Å². The number of benzene rings is 3. The number of methoxy groups -OCH3 is 1. The number of hydrogen-bond donors (Lipinski definition) is 2. The average Bonchev–Trinajstić information content (AvgIpc) is 2.73. The minimum atomic E-state index is -1.10. The molecule has 0 heterocycles. The van der Waals surface area contributed by atoms with Crippen molar-refractivity contribution in [2.75, 3.05) is 12.4 Å². The van der Waals surface area contributed by atoms with Gasteiger partial charge in [0, 0.05) is 22.3 Å². The van der Waals surface area contributed by atoms with Crippen LogP contribution in [0.5, 0.6) is 11.5 Å². The summed E-state index contributed by atoms with van der Waals surface area (Å²) >= 11 is 15.5. The largest absolute Gasteiger partial charge is 0.493 e. The molecule has 0 aliphatic carbocycles. The molecule has 0 saturated carbocycles. The summed E-state index contributed by atoms with van der Waals surface area (Å²) in [4.78, 5) is 11.2. The third kappa shape index (κ3) is 5.81. The van der Waals surface area contributed by atoms with E-state index in [1.807, 2.05) is 0 Å². The standard InChI is InChI=1S/C22H17BrCl2FNO4/c1-30-20-6-13(10-27-15-4-5-18(24)16(8-15)22(28)29)17(23)9-21(20)31-11-12-2-3-14(26)7-19(12)25/h2-9,27H,10-11H2,1H3,(H,28,29). The predicted molar refractivity (Wildman–Crippen MR) is 122 cm³/mol. The van der Waals surface area contributed by atoms with Crippen LogP contribution in [0, 0.1) is 5.82 Å². The Morgan fingerprint density at radius 3 is 2.52 bits per heavy atom. The van der Waals surface area contributed by atoms with Crippen LogP contribution in [0.2, 0.25) is 10.0 Å². The molecule has 0 aliphatic rings. The van der Waals surface area contributed by atoms with Gasteiger partial charge in [-0.05, 0) is 48.0 Å². The van der Waals surface area contributed by atoms with Crippen molar-refractivity contribution in [3.8, 4) is 11.5 Å². The van der Waals surface area contributed by atoms with Gasteiger partial charge in [0.2, 0.25) is 0 Å². The summed E-state index contributed by atoms with van der Waals surface area (Å²) < 4.78 is 25.2. The molecule has 3 rings (SSSR count). The van der Waals surface area contributed by atoms with Gasteiger partial charge in [0.15, 0.2) is 11.5 Å². The Bertz CT molecular complexity index is 1130. The van der Waals surface area contributed by atoms with Crippen LogP contribution in [0.4, 0.5) is 10.1 Å². The number of carbonyl (C=O) groups is 1. The second kappa shape index (κ2) is 10.2. The molecule has 9 heteroatoms. The number of carboxylic acid groups (broad SMARTS) is 1. The maximum Gasteiger partial charge on any atom is 0.337 e. The van der Waals surface area contributed by atoms with E-state index in [2.05, 4.69) is 21.2 Å². The van der Waals surface area contributed by atoms with E-state index in [4.69, 9.17) is 32.7 Å². The molecule has 0 saturated heterocycles. The van der Waals surface area contributed by atoms with Gasteiger partial charge in [0.1, 0.15) is 12.4 Å². The van der Waals surface area contributed by atoms with Crippen LogP contribution in [-0.4, -0.2) is 18.2 Å². The van der Waals surface area contributed by atoms with Gasteiger partial charge in [-0.25, -0.2) is 9.18 Å².